The molecule has 168 valence electrons. The number of hydrogen-bond acceptors (Lipinski definition) is 8. The number of pyridine rings is 1. The number of benzene rings is 1. The molecular weight excluding hydrogens is 408 g/mol. The molecule has 32 heavy (non-hydrogen) atoms. The Balaban J connectivity index is 1.51. The molecular formula is C24H28N4O4. The van der Waals surface area contributed by atoms with Gasteiger partial charge in [0.25, 0.3) is 0 Å². The second-order valence-electron chi connectivity index (χ2n) is 8.39. The molecule has 0 unspecified atom stereocenters. The summed E-state index contributed by atoms with van der Waals surface area (Å²) in [6.45, 7) is 5.18. The van der Waals surface area contributed by atoms with E-state index < -0.39 is 0 Å². The van der Waals surface area contributed by atoms with Crippen LogP contribution in [-0.4, -0.2) is 68.4 Å². The van der Waals surface area contributed by atoms with Gasteiger partial charge in [-0.15, -0.1) is 0 Å². The second kappa shape index (κ2) is 8.88. The van der Waals surface area contributed by atoms with Gasteiger partial charge in [0, 0.05) is 52.1 Å². The molecule has 5 rings (SSSR count). The SMILES string of the molecule is COCCN1CCN(c2ncccc2-c2nc3cc(OC)cc(C4CC4)c3c(=O)o2)CC1. The zero-order valence-corrected chi connectivity index (χ0v) is 18.5. The lowest BCUT2D eigenvalue weighted by Crippen LogP contribution is -2.47. The van der Waals surface area contributed by atoms with E-state index in [9.17, 15) is 4.79 Å². The summed E-state index contributed by atoms with van der Waals surface area (Å²) in [5.41, 5.74) is 1.96. The predicted molar refractivity (Wildman–Crippen MR) is 123 cm³/mol. The summed E-state index contributed by atoms with van der Waals surface area (Å²) in [6, 6.07) is 7.52. The Morgan fingerprint density at radius 3 is 2.69 bits per heavy atom. The standard InChI is InChI=1S/C24H28N4O4/c1-30-13-12-27-8-10-28(11-9-27)22-18(4-3-7-25-22)23-26-20-15-17(31-2)14-19(16-5-6-16)21(20)24(29)32-23/h3-4,7,14-16H,5-6,8-13H2,1-2H3. The third-order valence-electron chi connectivity index (χ3n) is 6.29. The molecule has 0 radical (unpaired) electrons. The zero-order chi connectivity index (χ0) is 22.1. The van der Waals surface area contributed by atoms with Crippen molar-refractivity contribution >= 4 is 16.7 Å². The van der Waals surface area contributed by atoms with Gasteiger partial charge >= 0.3 is 5.63 Å². The van der Waals surface area contributed by atoms with E-state index in [0.717, 1.165) is 69.1 Å². The zero-order valence-electron chi connectivity index (χ0n) is 18.5. The molecule has 2 fully saturated rings. The lowest BCUT2D eigenvalue weighted by Gasteiger charge is -2.35. The first kappa shape index (κ1) is 20.9. The monoisotopic (exact) mass is 436 g/mol. The van der Waals surface area contributed by atoms with Gasteiger partial charge in [0.2, 0.25) is 5.89 Å². The highest BCUT2D eigenvalue weighted by Gasteiger charge is 2.29. The van der Waals surface area contributed by atoms with Gasteiger partial charge in [0.1, 0.15) is 11.6 Å². The molecule has 3 heterocycles. The molecule has 1 aromatic carbocycles. The van der Waals surface area contributed by atoms with Crippen LogP contribution >= 0.6 is 0 Å². The summed E-state index contributed by atoms with van der Waals surface area (Å²) < 4.78 is 16.4. The van der Waals surface area contributed by atoms with Crippen LogP contribution in [0.3, 0.4) is 0 Å². The van der Waals surface area contributed by atoms with Crippen molar-refractivity contribution in [3.63, 3.8) is 0 Å². The number of hydrogen-bond donors (Lipinski definition) is 0. The van der Waals surface area contributed by atoms with Crippen LogP contribution in [0.1, 0.15) is 24.3 Å². The lowest BCUT2D eigenvalue weighted by molar-refractivity contribution is 0.144. The van der Waals surface area contributed by atoms with Crippen LogP contribution in [-0.2, 0) is 4.74 Å². The molecule has 1 aliphatic heterocycles. The van der Waals surface area contributed by atoms with E-state index in [1.54, 1.807) is 20.4 Å². The number of fused-ring (bicyclic) bond motifs is 1. The van der Waals surface area contributed by atoms with Crippen LogP contribution in [0.25, 0.3) is 22.4 Å². The summed E-state index contributed by atoms with van der Waals surface area (Å²) in [5.74, 6) is 2.18. The quantitative estimate of drug-likeness (QED) is 0.559. The maximum absolute atomic E-state index is 13.1. The molecule has 1 aliphatic carbocycles. The molecule has 8 heteroatoms. The Kier molecular flexibility index (Phi) is 5.80. The molecule has 2 aromatic heterocycles. The highest BCUT2D eigenvalue weighted by atomic mass is 16.5. The minimum atomic E-state index is -0.353. The fourth-order valence-electron chi connectivity index (χ4n) is 4.37. The normalized spacial score (nSPS) is 17.1. The first-order chi connectivity index (χ1) is 15.7. The third-order valence-corrected chi connectivity index (χ3v) is 6.29. The Hall–Kier alpha value is -2.97. The summed E-state index contributed by atoms with van der Waals surface area (Å²) in [4.78, 5) is 27.0. The smallest absolute Gasteiger partial charge is 0.347 e. The van der Waals surface area contributed by atoms with Crippen LogP contribution in [0.4, 0.5) is 5.82 Å². The largest absolute Gasteiger partial charge is 0.497 e. The topological polar surface area (TPSA) is 80.9 Å². The number of piperazine rings is 1. The van der Waals surface area contributed by atoms with E-state index >= 15 is 0 Å². The van der Waals surface area contributed by atoms with Crippen molar-refractivity contribution in [1.82, 2.24) is 14.9 Å². The summed E-state index contributed by atoms with van der Waals surface area (Å²) >= 11 is 0. The maximum Gasteiger partial charge on any atom is 0.347 e. The van der Waals surface area contributed by atoms with Crippen LogP contribution in [0.2, 0.25) is 0 Å². The van der Waals surface area contributed by atoms with Crippen LogP contribution in [0, 0.1) is 0 Å². The Morgan fingerprint density at radius 2 is 1.97 bits per heavy atom. The third kappa shape index (κ3) is 4.08. The summed E-state index contributed by atoms with van der Waals surface area (Å²) in [6.07, 6.45) is 3.92. The average Bonchev–Trinajstić information content (AvgIpc) is 3.68. The lowest BCUT2D eigenvalue weighted by atomic mass is 10.0. The van der Waals surface area contributed by atoms with E-state index in [1.165, 1.54) is 0 Å². The van der Waals surface area contributed by atoms with E-state index in [0.29, 0.717) is 28.5 Å². The highest BCUT2D eigenvalue weighted by molar-refractivity contribution is 5.85. The Morgan fingerprint density at radius 1 is 1.16 bits per heavy atom. The molecule has 0 amide bonds. The molecule has 3 aromatic rings. The summed E-state index contributed by atoms with van der Waals surface area (Å²) in [7, 11) is 3.36. The molecule has 0 spiro atoms. The molecule has 0 N–H and O–H groups in total. The van der Waals surface area contributed by atoms with Crippen molar-refractivity contribution in [3.05, 3.63) is 46.4 Å². The fourth-order valence-corrected chi connectivity index (χ4v) is 4.37. The van der Waals surface area contributed by atoms with E-state index in [2.05, 4.69) is 14.8 Å². The minimum absolute atomic E-state index is 0.294. The van der Waals surface area contributed by atoms with Crippen molar-refractivity contribution < 1.29 is 13.9 Å². The van der Waals surface area contributed by atoms with Crippen molar-refractivity contribution in [3.8, 4) is 17.2 Å². The average molecular weight is 437 g/mol. The predicted octanol–water partition coefficient (Wildman–Crippen LogP) is 2.90. The molecule has 2 aliphatic rings. The van der Waals surface area contributed by atoms with Gasteiger partial charge in [-0.2, -0.15) is 0 Å². The Bertz CT molecular complexity index is 1170. The van der Waals surface area contributed by atoms with E-state index in [4.69, 9.17) is 18.9 Å². The number of nitrogens with zero attached hydrogens (tertiary/aromatic N) is 4. The van der Waals surface area contributed by atoms with Gasteiger partial charge in [0.15, 0.2) is 0 Å². The van der Waals surface area contributed by atoms with Gasteiger partial charge in [-0.3, -0.25) is 4.90 Å². The number of rotatable bonds is 7. The molecule has 0 atom stereocenters. The van der Waals surface area contributed by atoms with Crippen LogP contribution in [0.5, 0.6) is 5.75 Å². The number of aromatic nitrogens is 2. The van der Waals surface area contributed by atoms with Crippen molar-refractivity contribution in [2.45, 2.75) is 18.8 Å². The van der Waals surface area contributed by atoms with Gasteiger partial charge in [-0.25, -0.2) is 14.8 Å². The first-order valence-electron chi connectivity index (χ1n) is 11.1. The van der Waals surface area contributed by atoms with Gasteiger partial charge < -0.3 is 18.8 Å². The molecule has 8 nitrogen and oxygen atoms in total. The van der Waals surface area contributed by atoms with Crippen LogP contribution < -0.4 is 15.3 Å². The Labute approximate surface area is 186 Å². The fraction of sp³-hybridized carbons (Fsp3) is 0.458. The van der Waals surface area contributed by atoms with Crippen LogP contribution in [0.15, 0.2) is 39.7 Å². The van der Waals surface area contributed by atoms with Crippen molar-refractivity contribution in [2.75, 3.05) is 58.5 Å². The number of methoxy groups -OCH3 is 2. The molecule has 1 saturated carbocycles. The maximum atomic E-state index is 13.1. The van der Waals surface area contributed by atoms with E-state index in [1.807, 2.05) is 24.3 Å². The van der Waals surface area contributed by atoms with Gasteiger partial charge in [-0.05, 0) is 42.5 Å². The highest BCUT2D eigenvalue weighted by Crippen LogP contribution is 2.44. The summed E-state index contributed by atoms with van der Waals surface area (Å²) in [5, 5.41) is 0.564. The molecule has 0 bridgehead atoms. The minimum Gasteiger partial charge on any atom is -0.497 e. The second-order valence-corrected chi connectivity index (χ2v) is 8.39. The van der Waals surface area contributed by atoms with Crippen molar-refractivity contribution in [2.24, 2.45) is 0 Å². The van der Waals surface area contributed by atoms with Gasteiger partial charge in [-0.1, -0.05) is 0 Å². The first-order valence-corrected chi connectivity index (χ1v) is 11.1. The van der Waals surface area contributed by atoms with Gasteiger partial charge in [0.05, 0.1) is 30.2 Å². The number of ether oxygens (including phenoxy) is 2. The van der Waals surface area contributed by atoms with Crippen molar-refractivity contribution in [1.29, 1.82) is 0 Å². The number of anilines is 1. The molecule has 1 saturated heterocycles. The van der Waals surface area contributed by atoms with E-state index in [-0.39, 0.29) is 5.63 Å².